The van der Waals surface area contributed by atoms with Crippen molar-refractivity contribution < 1.29 is 8.78 Å². The molecular weight excluding hydrogens is 198 g/mol. The molecule has 1 heterocycles. The van der Waals surface area contributed by atoms with Gasteiger partial charge in [0.15, 0.2) is 0 Å². The van der Waals surface area contributed by atoms with Gasteiger partial charge in [-0.2, -0.15) is 0 Å². The summed E-state index contributed by atoms with van der Waals surface area (Å²) in [7, 11) is 0. The topological polar surface area (TPSA) is 24.9 Å². The highest BCUT2D eigenvalue weighted by molar-refractivity contribution is 5.58. The first-order valence-corrected chi connectivity index (χ1v) is 4.38. The predicted molar refractivity (Wildman–Crippen MR) is 53.9 cm³/mol. The predicted octanol–water partition coefficient (Wildman–Crippen LogP) is 3.10. The largest absolute Gasteiger partial charge is 0.352 e. The fourth-order valence-electron chi connectivity index (χ4n) is 1.18. The normalized spacial score (nSPS) is 10.0. The van der Waals surface area contributed by atoms with E-state index >= 15 is 0 Å². The molecule has 0 aliphatic carbocycles. The van der Waals surface area contributed by atoms with E-state index in [1.807, 2.05) is 0 Å². The van der Waals surface area contributed by atoms with Crippen molar-refractivity contribution in [2.75, 3.05) is 5.32 Å². The van der Waals surface area contributed by atoms with E-state index in [9.17, 15) is 8.78 Å². The van der Waals surface area contributed by atoms with E-state index in [-0.39, 0.29) is 5.69 Å². The Hall–Kier alpha value is -1.97. The zero-order valence-corrected chi connectivity index (χ0v) is 7.74. The van der Waals surface area contributed by atoms with Crippen LogP contribution in [0.1, 0.15) is 0 Å². The molecule has 0 unspecified atom stereocenters. The number of rotatable bonds is 2. The first-order valence-electron chi connectivity index (χ1n) is 4.38. The highest BCUT2D eigenvalue weighted by Crippen LogP contribution is 2.19. The fourth-order valence-corrected chi connectivity index (χ4v) is 1.18. The average molecular weight is 206 g/mol. The minimum Gasteiger partial charge on any atom is -0.352 e. The van der Waals surface area contributed by atoms with Crippen LogP contribution in [0.25, 0.3) is 0 Å². The van der Waals surface area contributed by atoms with Crippen molar-refractivity contribution >= 4 is 11.4 Å². The number of aromatic nitrogens is 1. The second kappa shape index (κ2) is 4.04. The van der Waals surface area contributed by atoms with E-state index in [0.717, 1.165) is 6.07 Å². The first kappa shape index (κ1) is 9.58. The van der Waals surface area contributed by atoms with Crippen molar-refractivity contribution in [2.24, 2.45) is 0 Å². The molecular formula is C11H8F2N2. The molecule has 1 aromatic carbocycles. The third kappa shape index (κ3) is 2.28. The minimum atomic E-state index is -0.626. The molecule has 76 valence electrons. The van der Waals surface area contributed by atoms with Crippen LogP contribution in [0.2, 0.25) is 0 Å². The summed E-state index contributed by atoms with van der Waals surface area (Å²) in [5, 5.41) is 2.80. The molecule has 0 amide bonds. The molecule has 0 aliphatic heterocycles. The number of nitrogens with zero attached hydrogens (tertiary/aromatic N) is 1. The van der Waals surface area contributed by atoms with E-state index in [2.05, 4.69) is 10.3 Å². The lowest BCUT2D eigenvalue weighted by molar-refractivity contribution is 0.586. The molecule has 2 aromatic rings. The molecule has 2 rings (SSSR count). The number of nitrogens with one attached hydrogen (secondary N) is 1. The van der Waals surface area contributed by atoms with Crippen molar-refractivity contribution in [1.82, 2.24) is 4.98 Å². The van der Waals surface area contributed by atoms with Gasteiger partial charge in [0.2, 0.25) is 0 Å². The zero-order valence-electron chi connectivity index (χ0n) is 7.74. The van der Waals surface area contributed by atoms with Gasteiger partial charge in [0.05, 0.1) is 17.6 Å². The summed E-state index contributed by atoms with van der Waals surface area (Å²) >= 11 is 0. The highest BCUT2D eigenvalue weighted by atomic mass is 19.1. The van der Waals surface area contributed by atoms with Crippen molar-refractivity contribution in [2.45, 2.75) is 0 Å². The molecule has 0 aliphatic rings. The van der Waals surface area contributed by atoms with Crippen LogP contribution in [0.3, 0.4) is 0 Å². The molecule has 0 radical (unpaired) electrons. The van der Waals surface area contributed by atoms with Crippen LogP contribution < -0.4 is 5.32 Å². The Morgan fingerprint density at radius 1 is 1.13 bits per heavy atom. The molecule has 1 aromatic heterocycles. The van der Waals surface area contributed by atoms with E-state index < -0.39 is 11.6 Å². The van der Waals surface area contributed by atoms with Gasteiger partial charge in [0.25, 0.3) is 0 Å². The van der Waals surface area contributed by atoms with Gasteiger partial charge in [-0.25, -0.2) is 8.78 Å². The molecule has 0 saturated carbocycles. The Balaban J connectivity index is 2.25. The second-order valence-corrected chi connectivity index (χ2v) is 2.99. The summed E-state index contributed by atoms with van der Waals surface area (Å²) < 4.78 is 25.8. The Labute approximate surface area is 85.6 Å². The summed E-state index contributed by atoms with van der Waals surface area (Å²) in [5.41, 5.74) is 0.882. The van der Waals surface area contributed by atoms with Gasteiger partial charge in [0, 0.05) is 12.3 Å². The van der Waals surface area contributed by atoms with Crippen molar-refractivity contribution in [1.29, 1.82) is 0 Å². The first-order chi connectivity index (χ1) is 7.25. The van der Waals surface area contributed by atoms with Gasteiger partial charge < -0.3 is 5.32 Å². The van der Waals surface area contributed by atoms with Crippen LogP contribution in [-0.4, -0.2) is 4.98 Å². The minimum absolute atomic E-state index is 0.226. The second-order valence-electron chi connectivity index (χ2n) is 2.99. The summed E-state index contributed by atoms with van der Waals surface area (Å²) in [6.45, 7) is 0. The number of anilines is 2. The standard InChI is InChI=1S/C11H8F2N2/c12-8-3-4-11(10(13)6-8)15-9-2-1-5-14-7-9/h1-7,15H. The number of benzene rings is 1. The summed E-state index contributed by atoms with van der Waals surface area (Å²) in [4.78, 5) is 3.87. The van der Waals surface area contributed by atoms with E-state index in [1.165, 1.54) is 12.1 Å². The third-order valence-corrected chi connectivity index (χ3v) is 1.87. The number of pyridine rings is 1. The molecule has 0 saturated heterocycles. The number of hydrogen-bond donors (Lipinski definition) is 1. The van der Waals surface area contributed by atoms with Gasteiger partial charge in [-0.15, -0.1) is 0 Å². The van der Waals surface area contributed by atoms with Gasteiger partial charge in [-0.3, -0.25) is 4.98 Å². The van der Waals surface area contributed by atoms with E-state index in [1.54, 1.807) is 24.5 Å². The van der Waals surface area contributed by atoms with Gasteiger partial charge in [-0.1, -0.05) is 0 Å². The fraction of sp³-hybridized carbons (Fsp3) is 0. The maximum Gasteiger partial charge on any atom is 0.149 e. The lowest BCUT2D eigenvalue weighted by Crippen LogP contribution is -1.94. The van der Waals surface area contributed by atoms with Gasteiger partial charge >= 0.3 is 0 Å². The van der Waals surface area contributed by atoms with E-state index in [0.29, 0.717) is 5.69 Å². The smallest absolute Gasteiger partial charge is 0.149 e. The molecule has 2 nitrogen and oxygen atoms in total. The molecule has 0 spiro atoms. The number of hydrogen-bond acceptors (Lipinski definition) is 2. The van der Waals surface area contributed by atoms with Crippen LogP contribution in [0.15, 0.2) is 42.7 Å². The average Bonchev–Trinajstić information content (AvgIpc) is 2.24. The van der Waals surface area contributed by atoms with Crippen LogP contribution in [-0.2, 0) is 0 Å². The molecule has 15 heavy (non-hydrogen) atoms. The molecule has 4 heteroatoms. The summed E-state index contributed by atoms with van der Waals surface area (Å²) in [6.07, 6.45) is 3.18. The highest BCUT2D eigenvalue weighted by Gasteiger charge is 2.03. The zero-order chi connectivity index (χ0) is 10.7. The maximum absolute atomic E-state index is 13.2. The summed E-state index contributed by atoms with van der Waals surface area (Å²) in [5.74, 6) is -1.22. The van der Waals surface area contributed by atoms with Crippen LogP contribution in [0, 0.1) is 11.6 Å². The molecule has 0 bridgehead atoms. The lowest BCUT2D eigenvalue weighted by atomic mass is 10.3. The Bertz CT molecular complexity index is 457. The Morgan fingerprint density at radius 2 is 2.00 bits per heavy atom. The van der Waals surface area contributed by atoms with Gasteiger partial charge in [0.1, 0.15) is 11.6 Å². The SMILES string of the molecule is Fc1ccc(Nc2cccnc2)c(F)c1. The Kier molecular flexibility index (Phi) is 2.58. The van der Waals surface area contributed by atoms with Crippen molar-refractivity contribution in [3.63, 3.8) is 0 Å². The third-order valence-electron chi connectivity index (χ3n) is 1.87. The van der Waals surface area contributed by atoms with Gasteiger partial charge in [-0.05, 0) is 24.3 Å². The molecule has 0 fully saturated rings. The van der Waals surface area contributed by atoms with Crippen molar-refractivity contribution in [3.05, 3.63) is 54.4 Å². The van der Waals surface area contributed by atoms with Crippen LogP contribution >= 0.6 is 0 Å². The molecule has 1 N–H and O–H groups in total. The quantitative estimate of drug-likeness (QED) is 0.816. The van der Waals surface area contributed by atoms with E-state index in [4.69, 9.17) is 0 Å². The van der Waals surface area contributed by atoms with Crippen molar-refractivity contribution in [3.8, 4) is 0 Å². The molecule has 0 atom stereocenters. The monoisotopic (exact) mass is 206 g/mol. The number of halogens is 2. The maximum atomic E-state index is 13.2. The Morgan fingerprint density at radius 3 is 2.67 bits per heavy atom. The summed E-state index contributed by atoms with van der Waals surface area (Å²) in [6, 6.07) is 6.84. The van der Waals surface area contributed by atoms with Crippen LogP contribution in [0.4, 0.5) is 20.2 Å². The van der Waals surface area contributed by atoms with Crippen LogP contribution in [0.5, 0.6) is 0 Å². The lowest BCUT2D eigenvalue weighted by Gasteiger charge is -2.06.